The number of hydroxylamine groups is 1. The first-order valence-electron chi connectivity index (χ1n) is 11.2. The Hall–Kier alpha value is -3.19. The Labute approximate surface area is 194 Å². The number of nitrogens with zero attached hydrogens (tertiary/aromatic N) is 1. The van der Waals surface area contributed by atoms with E-state index in [2.05, 4.69) is 33.2 Å². The molecule has 0 aromatic heterocycles. The van der Waals surface area contributed by atoms with Gasteiger partial charge in [-0.25, -0.2) is 10.3 Å². The number of carboxylic acid groups (broad SMARTS) is 1. The molecular weight excluding hydrogens is 420 g/mol. The van der Waals surface area contributed by atoms with E-state index >= 15 is 0 Å². The molecule has 0 saturated heterocycles. The zero-order valence-corrected chi connectivity index (χ0v) is 19.9. The number of hydrogen-bond donors (Lipinski definition) is 2. The second-order valence-electron chi connectivity index (χ2n) is 9.77. The van der Waals surface area contributed by atoms with Crippen molar-refractivity contribution in [1.82, 2.24) is 5.48 Å². The van der Waals surface area contributed by atoms with Gasteiger partial charge in [-0.1, -0.05) is 40.7 Å². The van der Waals surface area contributed by atoms with E-state index in [-0.39, 0.29) is 23.0 Å². The van der Waals surface area contributed by atoms with Crippen molar-refractivity contribution < 1.29 is 24.3 Å². The van der Waals surface area contributed by atoms with Crippen molar-refractivity contribution >= 4 is 29.2 Å². The fourth-order valence-electron chi connectivity index (χ4n) is 4.22. The number of carbonyl (C=O) groups is 3. The summed E-state index contributed by atoms with van der Waals surface area (Å²) in [5.74, 6) is -2.78. The van der Waals surface area contributed by atoms with E-state index < -0.39 is 17.8 Å². The van der Waals surface area contributed by atoms with Crippen molar-refractivity contribution in [2.75, 3.05) is 11.5 Å². The molecule has 0 fully saturated rings. The minimum absolute atomic E-state index is 0.00667. The summed E-state index contributed by atoms with van der Waals surface area (Å²) in [5.41, 5.74) is 5.51. The van der Waals surface area contributed by atoms with Gasteiger partial charge in [-0.05, 0) is 77.6 Å². The maximum atomic E-state index is 13.2. The highest BCUT2D eigenvalue weighted by molar-refractivity contribution is 6.41. The SMILES string of the molecule is CCCONC(=O)C(=O)N(c1ccc(C(=O)O)cc1)c1ccc2c(c1)C(C)(C)CCC2(C)C. The van der Waals surface area contributed by atoms with Crippen LogP contribution in [0.2, 0.25) is 0 Å². The highest BCUT2D eigenvalue weighted by Gasteiger charge is 2.38. The van der Waals surface area contributed by atoms with E-state index in [4.69, 9.17) is 4.84 Å². The standard InChI is InChI=1S/C26H32N2O5/c1-6-15-33-27-22(29)23(30)28(18-9-7-17(8-10-18)24(31)32)19-11-12-20-21(16-19)26(4,5)14-13-25(20,2)3/h7-12,16H,6,13-15H2,1-5H3,(H,27,29)(H,31,32). The average molecular weight is 453 g/mol. The number of rotatable bonds is 6. The molecule has 1 aliphatic rings. The van der Waals surface area contributed by atoms with Crippen molar-refractivity contribution in [2.45, 2.75) is 64.7 Å². The zero-order valence-electron chi connectivity index (χ0n) is 19.9. The Morgan fingerprint density at radius 3 is 2.09 bits per heavy atom. The number of aromatic carboxylic acids is 1. The van der Waals surface area contributed by atoms with Gasteiger partial charge in [-0.15, -0.1) is 0 Å². The lowest BCUT2D eigenvalue weighted by atomic mass is 9.63. The number of nitrogens with one attached hydrogen (secondary N) is 1. The molecule has 2 amide bonds. The molecule has 7 nitrogen and oxygen atoms in total. The van der Waals surface area contributed by atoms with Crippen LogP contribution >= 0.6 is 0 Å². The molecule has 2 aromatic rings. The van der Waals surface area contributed by atoms with Crippen molar-refractivity contribution in [3.8, 4) is 0 Å². The van der Waals surface area contributed by atoms with Gasteiger partial charge in [-0.3, -0.25) is 19.3 Å². The van der Waals surface area contributed by atoms with Crippen molar-refractivity contribution in [3.05, 3.63) is 59.2 Å². The van der Waals surface area contributed by atoms with Crippen LogP contribution in [0.1, 0.15) is 75.4 Å². The van der Waals surface area contributed by atoms with Gasteiger partial charge in [0.1, 0.15) is 0 Å². The topological polar surface area (TPSA) is 95.9 Å². The van der Waals surface area contributed by atoms with Crippen molar-refractivity contribution in [1.29, 1.82) is 0 Å². The molecule has 2 aromatic carbocycles. The van der Waals surface area contributed by atoms with Gasteiger partial charge in [0.05, 0.1) is 12.2 Å². The fourth-order valence-corrected chi connectivity index (χ4v) is 4.22. The predicted octanol–water partition coefficient (Wildman–Crippen LogP) is 4.86. The Morgan fingerprint density at radius 1 is 0.939 bits per heavy atom. The van der Waals surface area contributed by atoms with Gasteiger partial charge < -0.3 is 5.11 Å². The van der Waals surface area contributed by atoms with E-state index in [0.717, 1.165) is 18.4 Å². The lowest BCUT2D eigenvalue weighted by Gasteiger charge is -2.42. The zero-order chi connectivity index (χ0) is 24.4. The quantitative estimate of drug-likeness (QED) is 0.371. The summed E-state index contributed by atoms with van der Waals surface area (Å²) >= 11 is 0. The normalized spacial score (nSPS) is 15.9. The second-order valence-corrected chi connectivity index (χ2v) is 9.77. The van der Waals surface area contributed by atoms with Gasteiger partial charge in [0.2, 0.25) is 0 Å². The Bertz CT molecular complexity index is 1060. The fraction of sp³-hybridized carbons (Fsp3) is 0.423. The van der Waals surface area contributed by atoms with Crippen molar-refractivity contribution in [3.63, 3.8) is 0 Å². The van der Waals surface area contributed by atoms with Crippen LogP contribution in [-0.2, 0) is 25.3 Å². The molecule has 0 radical (unpaired) electrons. The van der Waals surface area contributed by atoms with E-state index in [1.807, 2.05) is 25.1 Å². The van der Waals surface area contributed by atoms with Crippen LogP contribution in [0.15, 0.2) is 42.5 Å². The molecule has 1 aliphatic carbocycles. The average Bonchev–Trinajstić information content (AvgIpc) is 2.77. The molecule has 33 heavy (non-hydrogen) atoms. The maximum absolute atomic E-state index is 13.2. The smallest absolute Gasteiger partial charge is 0.335 e. The highest BCUT2D eigenvalue weighted by Crippen LogP contribution is 2.47. The van der Waals surface area contributed by atoms with Crippen LogP contribution in [0.4, 0.5) is 11.4 Å². The number of hydrogen-bond acceptors (Lipinski definition) is 4. The van der Waals surface area contributed by atoms with Gasteiger partial charge in [-0.2, -0.15) is 0 Å². The van der Waals surface area contributed by atoms with Crippen LogP contribution in [0.3, 0.4) is 0 Å². The molecule has 0 unspecified atom stereocenters. The van der Waals surface area contributed by atoms with Crippen LogP contribution in [0.25, 0.3) is 0 Å². The van der Waals surface area contributed by atoms with Crippen LogP contribution < -0.4 is 10.4 Å². The molecule has 0 spiro atoms. The number of benzene rings is 2. The predicted molar refractivity (Wildman–Crippen MR) is 127 cm³/mol. The minimum Gasteiger partial charge on any atom is -0.478 e. The van der Waals surface area contributed by atoms with Crippen LogP contribution in [0, 0.1) is 0 Å². The summed E-state index contributed by atoms with van der Waals surface area (Å²) in [6.45, 7) is 11.0. The first-order valence-corrected chi connectivity index (χ1v) is 11.2. The number of anilines is 2. The Kier molecular flexibility index (Phi) is 6.93. The van der Waals surface area contributed by atoms with Gasteiger partial charge >= 0.3 is 17.8 Å². The van der Waals surface area contributed by atoms with Crippen LogP contribution in [-0.4, -0.2) is 29.5 Å². The molecule has 0 aliphatic heterocycles. The van der Waals surface area contributed by atoms with Gasteiger partial charge in [0.15, 0.2) is 0 Å². The lowest BCUT2D eigenvalue weighted by Crippen LogP contribution is -2.41. The largest absolute Gasteiger partial charge is 0.478 e. The number of carbonyl (C=O) groups excluding carboxylic acids is 2. The van der Waals surface area contributed by atoms with Gasteiger partial charge in [0, 0.05) is 11.4 Å². The van der Waals surface area contributed by atoms with Gasteiger partial charge in [0.25, 0.3) is 0 Å². The third-order valence-corrected chi connectivity index (χ3v) is 6.34. The summed E-state index contributed by atoms with van der Waals surface area (Å²) < 4.78 is 0. The Balaban J connectivity index is 2.08. The van der Waals surface area contributed by atoms with E-state index in [1.54, 1.807) is 0 Å². The number of amides is 2. The maximum Gasteiger partial charge on any atom is 0.335 e. The molecule has 176 valence electrons. The molecule has 0 saturated carbocycles. The van der Waals surface area contributed by atoms with E-state index in [9.17, 15) is 19.5 Å². The summed E-state index contributed by atoms with van der Waals surface area (Å²) in [7, 11) is 0. The summed E-state index contributed by atoms with van der Waals surface area (Å²) in [4.78, 5) is 43.4. The first kappa shape index (κ1) is 24.5. The molecule has 3 rings (SSSR count). The van der Waals surface area contributed by atoms with Crippen LogP contribution in [0.5, 0.6) is 0 Å². The second kappa shape index (κ2) is 9.35. The lowest BCUT2D eigenvalue weighted by molar-refractivity contribution is -0.145. The molecule has 7 heteroatoms. The Morgan fingerprint density at radius 2 is 1.52 bits per heavy atom. The molecule has 0 heterocycles. The molecule has 2 N–H and O–H groups in total. The van der Waals surface area contributed by atoms with E-state index in [0.29, 0.717) is 17.8 Å². The summed E-state index contributed by atoms with van der Waals surface area (Å²) in [6.07, 6.45) is 2.75. The molecule has 0 atom stereocenters. The van der Waals surface area contributed by atoms with Crippen molar-refractivity contribution in [2.24, 2.45) is 0 Å². The molecular formula is C26H32N2O5. The monoisotopic (exact) mass is 452 g/mol. The highest BCUT2D eigenvalue weighted by atomic mass is 16.7. The molecule has 0 bridgehead atoms. The number of carboxylic acids is 1. The first-order chi connectivity index (χ1) is 15.5. The summed E-state index contributed by atoms with van der Waals surface area (Å²) in [6, 6.07) is 11.7. The third kappa shape index (κ3) is 5.09. The number of fused-ring (bicyclic) bond motifs is 1. The third-order valence-electron chi connectivity index (χ3n) is 6.34. The van der Waals surface area contributed by atoms with E-state index in [1.165, 1.54) is 34.7 Å². The summed E-state index contributed by atoms with van der Waals surface area (Å²) in [5, 5.41) is 9.23. The minimum atomic E-state index is -1.07.